The van der Waals surface area contributed by atoms with Crippen LogP contribution in [0.4, 0.5) is 5.82 Å². The van der Waals surface area contributed by atoms with Crippen molar-refractivity contribution >= 4 is 5.82 Å². The number of anilines is 1. The van der Waals surface area contributed by atoms with Crippen LogP contribution in [0.3, 0.4) is 0 Å². The third-order valence-corrected chi connectivity index (χ3v) is 4.34. The molecule has 0 spiro atoms. The lowest BCUT2D eigenvalue weighted by Gasteiger charge is -2.41. The van der Waals surface area contributed by atoms with E-state index in [0.717, 1.165) is 43.4 Å². The highest BCUT2D eigenvalue weighted by atomic mass is 15.3. The Balaban J connectivity index is 1.95. The Labute approximate surface area is 138 Å². The zero-order valence-electron chi connectivity index (χ0n) is 13.9. The second-order valence-corrected chi connectivity index (χ2v) is 6.19. The number of benzene rings is 1. The van der Waals surface area contributed by atoms with Gasteiger partial charge in [0.05, 0.1) is 6.04 Å². The molecule has 1 atom stereocenters. The van der Waals surface area contributed by atoms with Crippen LogP contribution < -0.4 is 10.6 Å². The van der Waals surface area contributed by atoms with E-state index in [2.05, 4.69) is 58.2 Å². The van der Waals surface area contributed by atoms with E-state index >= 15 is 0 Å². The fraction of sp³-hybridized carbons (Fsp3) is 0.444. The summed E-state index contributed by atoms with van der Waals surface area (Å²) in [5, 5.41) is 0. The van der Waals surface area contributed by atoms with Gasteiger partial charge in [-0.3, -0.25) is 0 Å². The van der Waals surface area contributed by atoms with E-state index in [-0.39, 0.29) is 0 Å². The van der Waals surface area contributed by atoms with Crippen molar-refractivity contribution in [3.63, 3.8) is 0 Å². The smallest absolute Gasteiger partial charge is 0.133 e. The van der Waals surface area contributed by atoms with Gasteiger partial charge in [0.1, 0.15) is 11.6 Å². The first-order valence-electron chi connectivity index (χ1n) is 8.22. The molecular formula is C18H25N5. The molecule has 0 aliphatic carbocycles. The molecule has 5 nitrogen and oxygen atoms in total. The van der Waals surface area contributed by atoms with Crippen molar-refractivity contribution in [3.05, 3.63) is 53.5 Å². The number of nitrogens with two attached hydrogens (primary N) is 1. The molecule has 1 aliphatic heterocycles. The minimum Gasteiger partial charge on any atom is -0.347 e. The lowest BCUT2D eigenvalue weighted by atomic mass is 10.0. The normalized spacial score (nSPS) is 19.1. The summed E-state index contributed by atoms with van der Waals surface area (Å²) in [6.07, 6.45) is 0.792. The maximum atomic E-state index is 5.70. The summed E-state index contributed by atoms with van der Waals surface area (Å²) in [4.78, 5) is 14.0. The molecule has 0 saturated carbocycles. The zero-order chi connectivity index (χ0) is 16.2. The summed E-state index contributed by atoms with van der Waals surface area (Å²) in [6, 6.07) is 13.1. The number of rotatable bonds is 4. The number of likely N-dealkylation sites (N-methyl/N-ethyl adjacent to an activating group) is 1. The maximum absolute atomic E-state index is 5.70. The predicted molar refractivity (Wildman–Crippen MR) is 93.6 cm³/mol. The summed E-state index contributed by atoms with van der Waals surface area (Å²) >= 11 is 0. The highest BCUT2D eigenvalue weighted by Gasteiger charge is 2.28. The number of aromatic nitrogens is 2. The van der Waals surface area contributed by atoms with Crippen molar-refractivity contribution < 1.29 is 0 Å². The minimum absolute atomic E-state index is 0.315. The summed E-state index contributed by atoms with van der Waals surface area (Å²) in [5.41, 5.74) is 8.05. The Hall–Kier alpha value is -1.98. The lowest BCUT2D eigenvalue weighted by molar-refractivity contribution is 0.268. The second-order valence-electron chi connectivity index (χ2n) is 6.19. The van der Waals surface area contributed by atoms with Gasteiger partial charge in [-0.1, -0.05) is 30.3 Å². The molecule has 5 heteroatoms. The van der Waals surface area contributed by atoms with E-state index in [9.17, 15) is 0 Å². The SMILES string of the molecule is Cc1nc(CCN)cc(N2CCN(C)C[C@@H]2c2ccccc2)n1. The third kappa shape index (κ3) is 3.68. The van der Waals surface area contributed by atoms with E-state index < -0.39 is 0 Å². The molecule has 2 N–H and O–H groups in total. The molecule has 3 rings (SSSR count). The van der Waals surface area contributed by atoms with Gasteiger partial charge >= 0.3 is 0 Å². The van der Waals surface area contributed by atoms with E-state index in [1.54, 1.807) is 0 Å². The number of piperazine rings is 1. The topological polar surface area (TPSA) is 58.3 Å². The first-order valence-corrected chi connectivity index (χ1v) is 8.22. The van der Waals surface area contributed by atoms with Crippen LogP contribution in [0.2, 0.25) is 0 Å². The van der Waals surface area contributed by atoms with Crippen molar-refractivity contribution in [2.45, 2.75) is 19.4 Å². The van der Waals surface area contributed by atoms with Crippen molar-refractivity contribution in [1.29, 1.82) is 0 Å². The van der Waals surface area contributed by atoms with Gasteiger partial charge in [0.2, 0.25) is 0 Å². The van der Waals surface area contributed by atoms with E-state index in [1.165, 1.54) is 5.56 Å². The van der Waals surface area contributed by atoms with Crippen LogP contribution in [0.25, 0.3) is 0 Å². The summed E-state index contributed by atoms with van der Waals surface area (Å²) in [6.45, 7) is 5.57. The molecule has 23 heavy (non-hydrogen) atoms. The number of hydrogen-bond acceptors (Lipinski definition) is 5. The van der Waals surface area contributed by atoms with Gasteiger partial charge in [-0.2, -0.15) is 0 Å². The molecule has 2 heterocycles. The second kappa shape index (κ2) is 7.06. The highest BCUT2D eigenvalue weighted by molar-refractivity contribution is 5.45. The summed E-state index contributed by atoms with van der Waals surface area (Å²) in [5.74, 6) is 1.83. The standard InChI is InChI=1S/C18H25N5/c1-14-20-16(8-9-19)12-18(21-14)23-11-10-22(2)13-17(23)15-6-4-3-5-7-15/h3-7,12,17H,8-11,13,19H2,1-2H3/t17-/m1/s1. The van der Waals surface area contributed by atoms with Gasteiger partial charge in [0.15, 0.2) is 0 Å². The fourth-order valence-electron chi connectivity index (χ4n) is 3.19. The van der Waals surface area contributed by atoms with Gasteiger partial charge in [-0.15, -0.1) is 0 Å². The number of nitrogens with zero attached hydrogens (tertiary/aromatic N) is 4. The molecule has 1 aromatic heterocycles. The Morgan fingerprint density at radius 3 is 2.70 bits per heavy atom. The molecule has 0 unspecified atom stereocenters. The third-order valence-electron chi connectivity index (χ3n) is 4.34. The van der Waals surface area contributed by atoms with Crippen LogP contribution in [0, 0.1) is 6.92 Å². The van der Waals surface area contributed by atoms with Crippen LogP contribution >= 0.6 is 0 Å². The van der Waals surface area contributed by atoms with E-state index in [1.807, 2.05) is 6.92 Å². The van der Waals surface area contributed by atoms with Crippen LogP contribution in [-0.2, 0) is 6.42 Å². The molecule has 0 amide bonds. The van der Waals surface area contributed by atoms with Gasteiger partial charge in [0.25, 0.3) is 0 Å². The van der Waals surface area contributed by atoms with Crippen LogP contribution in [0.5, 0.6) is 0 Å². The van der Waals surface area contributed by atoms with Gasteiger partial charge < -0.3 is 15.5 Å². The van der Waals surface area contributed by atoms with Crippen LogP contribution in [0.1, 0.15) is 23.1 Å². The highest BCUT2D eigenvalue weighted by Crippen LogP contribution is 2.29. The largest absolute Gasteiger partial charge is 0.347 e. The van der Waals surface area contributed by atoms with Crippen LogP contribution in [-0.4, -0.2) is 48.1 Å². The fourth-order valence-corrected chi connectivity index (χ4v) is 3.19. The lowest BCUT2D eigenvalue weighted by Crippen LogP contribution is -2.47. The average Bonchev–Trinajstić information content (AvgIpc) is 2.55. The molecule has 0 radical (unpaired) electrons. The van der Waals surface area contributed by atoms with Crippen molar-refractivity contribution in [3.8, 4) is 0 Å². The Morgan fingerprint density at radius 1 is 1.17 bits per heavy atom. The van der Waals surface area contributed by atoms with Crippen LogP contribution in [0.15, 0.2) is 36.4 Å². The van der Waals surface area contributed by atoms with Gasteiger partial charge in [-0.05, 0) is 26.1 Å². The van der Waals surface area contributed by atoms with Crippen molar-refractivity contribution in [2.75, 3.05) is 38.1 Å². The predicted octanol–water partition coefficient (Wildman–Crippen LogP) is 1.78. The van der Waals surface area contributed by atoms with Gasteiger partial charge in [0, 0.05) is 37.8 Å². The summed E-state index contributed by atoms with van der Waals surface area (Å²) in [7, 11) is 2.18. The molecule has 1 aromatic carbocycles. The first kappa shape index (κ1) is 15.9. The monoisotopic (exact) mass is 311 g/mol. The Bertz CT molecular complexity index is 643. The van der Waals surface area contributed by atoms with E-state index in [0.29, 0.717) is 12.6 Å². The average molecular weight is 311 g/mol. The molecule has 122 valence electrons. The number of aryl methyl sites for hydroxylation is 1. The molecular weight excluding hydrogens is 286 g/mol. The van der Waals surface area contributed by atoms with Crippen molar-refractivity contribution in [2.24, 2.45) is 5.73 Å². The molecule has 1 fully saturated rings. The Morgan fingerprint density at radius 2 is 1.96 bits per heavy atom. The van der Waals surface area contributed by atoms with Gasteiger partial charge in [-0.25, -0.2) is 9.97 Å². The molecule has 1 aliphatic rings. The molecule has 1 saturated heterocycles. The quantitative estimate of drug-likeness (QED) is 0.933. The molecule has 2 aromatic rings. The maximum Gasteiger partial charge on any atom is 0.133 e. The first-order chi connectivity index (χ1) is 11.2. The molecule has 0 bridgehead atoms. The van der Waals surface area contributed by atoms with Crippen molar-refractivity contribution in [1.82, 2.24) is 14.9 Å². The zero-order valence-corrected chi connectivity index (χ0v) is 13.9. The summed E-state index contributed by atoms with van der Waals surface area (Å²) < 4.78 is 0. The minimum atomic E-state index is 0.315. The number of hydrogen-bond donors (Lipinski definition) is 1. The Kier molecular flexibility index (Phi) is 4.88. The van der Waals surface area contributed by atoms with E-state index in [4.69, 9.17) is 10.7 Å².